The lowest BCUT2D eigenvalue weighted by atomic mass is 10.1. The Morgan fingerprint density at radius 1 is 0.889 bits per heavy atom. The van der Waals surface area contributed by atoms with Crippen LogP contribution in [-0.4, -0.2) is 15.9 Å². The van der Waals surface area contributed by atoms with Crippen molar-refractivity contribution in [2.24, 2.45) is 0 Å². The normalized spacial score (nSPS) is 10.7. The minimum Gasteiger partial charge on any atom is -0.321 e. The monoisotopic (exact) mass is 371 g/mol. The lowest BCUT2D eigenvalue weighted by Gasteiger charge is -2.11. The highest BCUT2D eigenvalue weighted by Crippen LogP contribution is 2.27. The van der Waals surface area contributed by atoms with E-state index in [0.29, 0.717) is 10.6 Å². The predicted octanol–water partition coefficient (Wildman–Crippen LogP) is 5.17. The average molecular weight is 371 g/mol. The molecule has 2 aromatic heterocycles. The van der Waals surface area contributed by atoms with Gasteiger partial charge < -0.3 is 5.32 Å². The molecule has 2 heterocycles. The van der Waals surface area contributed by atoms with E-state index in [2.05, 4.69) is 15.3 Å². The second-order valence-electron chi connectivity index (χ2n) is 5.98. The fourth-order valence-electron chi connectivity index (χ4n) is 2.83. The van der Waals surface area contributed by atoms with E-state index in [1.807, 2.05) is 60.7 Å². The minimum atomic E-state index is -0.156. The molecule has 1 N–H and O–H groups in total. The third-order valence-electron chi connectivity index (χ3n) is 4.18. The number of fused-ring (bicyclic) bond motifs is 1. The number of benzene rings is 2. The lowest BCUT2D eigenvalue weighted by molar-refractivity contribution is 0.102. The second-order valence-corrected chi connectivity index (χ2v) is 6.95. The van der Waals surface area contributed by atoms with E-state index in [4.69, 9.17) is 0 Å². The average Bonchev–Trinajstić information content (AvgIpc) is 2.73. The molecule has 0 saturated carbocycles. The summed E-state index contributed by atoms with van der Waals surface area (Å²) in [4.78, 5) is 21.3. The van der Waals surface area contributed by atoms with Crippen LogP contribution < -0.4 is 5.32 Å². The zero-order valence-corrected chi connectivity index (χ0v) is 15.3. The van der Waals surface area contributed by atoms with Crippen LogP contribution in [0.3, 0.4) is 0 Å². The summed E-state index contributed by atoms with van der Waals surface area (Å²) in [6.45, 7) is 0. The van der Waals surface area contributed by atoms with Crippen LogP contribution >= 0.6 is 11.8 Å². The SMILES string of the molecule is O=C(Nc1cccc2ccccc12)c1cccnc1SCc1ccncc1. The van der Waals surface area contributed by atoms with Gasteiger partial charge in [0.25, 0.3) is 5.91 Å². The van der Waals surface area contributed by atoms with Crippen molar-refractivity contribution in [3.63, 3.8) is 0 Å². The molecule has 0 spiro atoms. The number of nitrogens with zero attached hydrogens (tertiary/aromatic N) is 2. The Bertz CT molecular complexity index is 1080. The van der Waals surface area contributed by atoms with Crippen LogP contribution in [-0.2, 0) is 5.75 Å². The Kier molecular flexibility index (Phi) is 5.12. The number of rotatable bonds is 5. The molecule has 1 amide bonds. The Balaban J connectivity index is 1.57. The van der Waals surface area contributed by atoms with Gasteiger partial charge in [0.2, 0.25) is 0 Å². The molecule has 0 aliphatic heterocycles. The fraction of sp³-hybridized carbons (Fsp3) is 0.0455. The van der Waals surface area contributed by atoms with Crippen molar-refractivity contribution in [2.75, 3.05) is 5.32 Å². The Morgan fingerprint density at radius 3 is 2.59 bits per heavy atom. The molecule has 0 radical (unpaired) electrons. The van der Waals surface area contributed by atoms with Crippen LogP contribution in [0.15, 0.2) is 90.3 Å². The van der Waals surface area contributed by atoms with Crippen molar-refractivity contribution < 1.29 is 4.79 Å². The van der Waals surface area contributed by atoms with Crippen molar-refractivity contribution >= 4 is 34.1 Å². The summed E-state index contributed by atoms with van der Waals surface area (Å²) in [6.07, 6.45) is 5.24. The van der Waals surface area contributed by atoms with Crippen LogP contribution in [0.25, 0.3) is 10.8 Å². The molecule has 4 nitrogen and oxygen atoms in total. The van der Waals surface area contributed by atoms with Crippen molar-refractivity contribution in [3.8, 4) is 0 Å². The van der Waals surface area contributed by atoms with Gasteiger partial charge in [-0.25, -0.2) is 4.98 Å². The third kappa shape index (κ3) is 3.99. The molecule has 27 heavy (non-hydrogen) atoms. The Labute approximate surface area is 161 Å². The topological polar surface area (TPSA) is 54.9 Å². The van der Waals surface area contributed by atoms with Crippen LogP contribution in [0.2, 0.25) is 0 Å². The van der Waals surface area contributed by atoms with Crippen LogP contribution in [0.4, 0.5) is 5.69 Å². The smallest absolute Gasteiger partial charge is 0.258 e. The number of aromatic nitrogens is 2. The maximum atomic E-state index is 12.9. The molecule has 0 unspecified atom stereocenters. The van der Waals surface area contributed by atoms with Gasteiger partial charge in [-0.15, -0.1) is 11.8 Å². The predicted molar refractivity (Wildman–Crippen MR) is 110 cm³/mol. The molecule has 4 aromatic rings. The molecular weight excluding hydrogens is 354 g/mol. The third-order valence-corrected chi connectivity index (χ3v) is 5.25. The molecule has 0 aliphatic rings. The van der Waals surface area contributed by atoms with Gasteiger partial charge in [0, 0.05) is 35.4 Å². The van der Waals surface area contributed by atoms with Gasteiger partial charge in [-0.3, -0.25) is 9.78 Å². The molecular formula is C22H17N3OS. The summed E-state index contributed by atoms with van der Waals surface area (Å²) in [5.41, 5.74) is 2.51. The van der Waals surface area contributed by atoms with Crippen LogP contribution in [0.1, 0.15) is 15.9 Å². The van der Waals surface area contributed by atoms with Crippen molar-refractivity contribution in [1.29, 1.82) is 0 Å². The second kappa shape index (κ2) is 8.01. The van der Waals surface area contributed by atoms with E-state index in [1.54, 1.807) is 36.4 Å². The largest absolute Gasteiger partial charge is 0.321 e. The number of amides is 1. The summed E-state index contributed by atoms with van der Waals surface area (Å²) >= 11 is 1.54. The van der Waals surface area contributed by atoms with Gasteiger partial charge in [-0.2, -0.15) is 0 Å². The number of hydrogen-bond acceptors (Lipinski definition) is 4. The number of hydrogen-bond donors (Lipinski definition) is 1. The molecule has 0 fully saturated rings. The van der Waals surface area contributed by atoms with Crippen molar-refractivity contribution in [1.82, 2.24) is 9.97 Å². The van der Waals surface area contributed by atoms with E-state index in [9.17, 15) is 4.79 Å². The molecule has 4 rings (SSSR count). The van der Waals surface area contributed by atoms with Crippen molar-refractivity contribution in [3.05, 3.63) is 96.4 Å². The summed E-state index contributed by atoms with van der Waals surface area (Å²) in [5.74, 6) is 0.574. The first kappa shape index (κ1) is 17.2. The first-order chi connectivity index (χ1) is 13.3. The van der Waals surface area contributed by atoms with Crippen LogP contribution in [0, 0.1) is 0 Å². The summed E-state index contributed by atoms with van der Waals surface area (Å²) in [7, 11) is 0. The maximum Gasteiger partial charge on any atom is 0.258 e. The first-order valence-electron chi connectivity index (χ1n) is 8.57. The summed E-state index contributed by atoms with van der Waals surface area (Å²) in [5, 5.41) is 5.86. The van der Waals surface area contributed by atoms with Gasteiger partial charge in [0.15, 0.2) is 0 Å². The van der Waals surface area contributed by atoms with Gasteiger partial charge >= 0.3 is 0 Å². The standard InChI is InChI=1S/C22H17N3OS/c26-21(25-20-9-3-6-17-5-1-2-7-18(17)20)19-8-4-12-24-22(19)27-15-16-10-13-23-14-11-16/h1-14H,15H2,(H,25,26). The van der Waals surface area contributed by atoms with E-state index in [0.717, 1.165) is 27.8 Å². The van der Waals surface area contributed by atoms with Gasteiger partial charge in [0.1, 0.15) is 5.03 Å². The lowest BCUT2D eigenvalue weighted by Crippen LogP contribution is -2.13. The van der Waals surface area contributed by atoms with Gasteiger partial charge in [-0.05, 0) is 41.3 Å². The zero-order chi connectivity index (χ0) is 18.5. The molecule has 5 heteroatoms. The number of thioether (sulfide) groups is 1. The van der Waals surface area contributed by atoms with E-state index in [-0.39, 0.29) is 5.91 Å². The van der Waals surface area contributed by atoms with E-state index >= 15 is 0 Å². The quantitative estimate of drug-likeness (QED) is 0.492. The van der Waals surface area contributed by atoms with E-state index in [1.165, 1.54) is 0 Å². The summed E-state index contributed by atoms with van der Waals surface area (Å²) < 4.78 is 0. The fourth-order valence-corrected chi connectivity index (χ4v) is 3.78. The molecule has 0 saturated heterocycles. The number of carbonyl (C=O) groups is 1. The minimum absolute atomic E-state index is 0.156. The van der Waals surface area contributed by atoms with Crippen LogP contribution in [0.5, 0.6) is 0 Å². The number of nitrogens with one attached hydrogen (secondary N) is 1. The number of carbonyl (C=O) groups excluding carboxylic acids is 1. The number of pyridine rings is 2. The van der Waals surface area contributed by atoms with Gasteiger partial charge in [0.05, 0.1) is 5.56 Å². The highest BCUT2D eigenvalue weighted by molar-refractivity contribution is 7.98. The zero-order valence-electron chi connectivity index (χ0n) is 14.5. The molecule has 0 atom stereocenters. The molecule has 0 bridgehead atoms. The highest BCUT2D eigenvalue weighted by Gasteiger charge is 2.14. The summed E-state index contributed by atoms with van der Waals surface area (Å²) in [6, 6.07) is 21.4. The Morgan fingerprint density at radius 2 is 1.70 bits per heavy atom. The molecule has 0 aliphatic carbocycles. The molecule has 132 valence electrons. The van der Waals surface area contributed by atoms with Crippen molar-refractivity contribution in [2.45, 2.75) is 10.8 Å². The van der Waals surface area contributed by atoms with E-state index < -0.39 is 0 Å². The first-order valence-corrected chi connectivity index (χ1v) is 9.56. The van der Waals surface area contributed by atoms with Gasteiger partial charge in [-0.1, -0.05) is 36.4 Å². The molecule has 2 aromatic carbocycles. The highest BCUT2D eigenvalue weighted by atomic mass is 32.2. The maximum absolute atomic E-state index is 12.9. The number of anilines is 1. The Hall–Kier alpha value is -3.18.